The van der Waals surface area contributed by atoms with Crippen molar-refractivity contribution >= 4 is 38.6 Å². The van der Waals surface area contributed by atoms with Gasteiger partial charge in [-0.15, -0.1) is 0 Å². The van der Waals surface area contributed by atoms with Gasteiger partial charge in [0, 0.05) is 27.9 Å². The van der Waals surface area contributed by atoms with E-state index >= 15 is 0 Å². The van der Waals surface area contributed by atoms with Crippen molar-refractivity contribution in [2.24, 2.45) is 0 Å². The van der Waals surface area contributed by atoms with Crippen LogP contribution in [0.2, 0.25) is 0 Å². The van der Waals surface area contributed by atoms with Crippen molar-refractivity contribution in [2.75, 3.05) is 4.90 Å². The number of hydrogen-bond donors (Lipinski definition) is 0. The number of fused-ring (bicyclic) bond motifs is 13. The van der Waals surface area contributed by atoms with Gasteiger partial charge < -0.3 is 4.90 Å². The maximum atomic E-state index is 2.51. The highest BCUT2D eigenvalue weighted by atomic mass is 15.1. The Balaban J connectivity index is 0.971. The summed E-state index contributed by atoms with van der Waals surface area (Å²) >= 11 is 0. The molecule has 1 spiro atoms. The summed E-state index contributed by atoms with van der Waals surface area (Å²) in [5, 5.41) is 5.11. The van der Waals surface area contributed by atoms with Gasteiger partial charge in [0.15, 0.2) is 0 Å². The topological polar surface area (TPSA) is 3.24 Å². The smallest absolute Gasteiger partial charge is 0.0470 e. The first-order valence-electron chi connectivity index (χ1n) is 22.5. The average molecular weight is 804 g/mol. The zero-order valence-electron chi connectivity index (χ0n) is 35.6. The van der Waals surface area contributed by atoms with Crippen LogP contribution in [0.5, 0.6) is 0 Å². The number of aryl methyl sites for hydroxylation is 1. The summed E-state index contributed by atoms with van der Waals surface area (Å²) in [6.45, 7) is 4.76. The van der Waals surface area contributed by atoms with Crippen LogP contribution in [0.25, 0.3) is 66.1 Å². The Hall–Kier alpha value is -7.48. The Kier molecular flexibility index (Phi) is 7.76. The molecular weight excluding hydrogens is 759 g/mol. The molecule has 3 aliphatic carbocycles. The molecule has 63 heavy (non-hydrogen) atoms. The summed E-state index contributed by atoms with van der Waals surface area (Å²) in [6.07, 6.45) is 2.15. The predicted molar refractivity (Wildman–Crippen MR) is 265 cm³/mol. The van der Waals surface area contributed by atoms with Crippen LogP contribution in [0, 0.1) is 0 Å². The first-order valence-corrected chi connectivity index (χ1v) is 22.5. The van der Waals surface area contributed by atoms with Gasteiger partial charge in [-0.2, -0.15) is 0 Å². The second-order valence-corrected chi connectivity index (χ2v) is 18.4. The third-order valence-electron chi connectivity index (χ3n) is 14.9. The van der Waals surface area contributed by atoms with Crippen molar-refractivity contribution in [2.45, 2.75) is 37.5 Å². The van der Waals surface area contributed by atoms with Gasteiger partial charge >= 0.3 is 0 Å². The molecule has 0 aliphatic heterocycles. The quantitative estimate of drug-likeness (QED) is 0.157. The Morgan fingerprint density at radius 3 is 1.67 bits per heavy atom. The molecule has 10 aromatic carbocycles. The zero-order chi connectivity index (χ0) is 41.9. The molecule has 0 N–H and O–H groups in total. The Morgan fingerprint density at radius 2 is 0.905 bits per heavy atom. The first kappa shape index (κ1) is 36.2. The van der Waals surface area contributed by atoms with Crippen molar-refractivity contribution < 1.29 is 0 Å². The lowest BCUT2D eigenvalue weighted by atomic mass is 9.73. The van der Waals surface area contributed by atoms with Crippen LogP contribution in [0.4, 0.5) is 17.1 Å². The highest BCUT2D eigenvalue weighted by Gasteiger charge is 2.48. The number of anilines is 3. The molecule has 0 aromatic heterocycles. The van der Waals surface area contributed by atoms with Crippen LogP contribution in [-0.2, 0) is 17.3 Å². The monoisotopic (exact) mass is 803 g/mol. The van der Waals surface area contributed by atoms with E-state index in [1.807, 2.05) is 0 Å². The highest BCUT2D eigenvalue weighted by Crippen LogP contribution is 2.59. The van der Waals surface area contributed by atoms with E-state index in [-0.39, 0.29) is 10.8 Å². The van der Waals surface area contributed by atoms with Crippen LogP contribution < -0.4 is 4.90 Å². The largest absolute Gasteiger partial charge is 0.310 e. The maximum Gasteiger partial charge on any atom is 0.0470 e. The fourth-order valence-electron chi connectivity index (χ4n) is 12.1. The Morgan fingerprint density at radius 1 is 0.365 bits per heavy atom. The Bertz CT molecular complexity index is 3480. The molecule has 0 heterocycles. The molecule has 0 fully saturated rings. The summed E-state index contributed by atoms with van der Waals surface area (Å²) in [5.74, 6) is 0. The minimum atomic E-state index is -0.173. The van der Waals surface area contributed by atoms with E-state index in [9.17, 15) is 0 Å². The van der Waals surface area contributed by atoms with Crippen LogP contribution in [0.1, 0.15) is 53.6 Å². The third kappa shape index (κ3) is 5.17. The van der Waals surface area contributed by atoms with E-state index in [1.165, 1.54) is 105 Å². The van der Waals surface area contributed by atoms with Crippen LogP contribution in [0.3, 0.4) is 0 Å². The standard InChI is InChI=1S/C62H45N/c1-61(2)57-24-11-8-20-52(57)54-22-13-21-48(60(54)61)40-26-30-44(31-27-40)63(45-32-28-41(29-33-45)55-38-43-15-3-5-16-47(43)49-17-6-7-18-50(49)55)46-34-35-53-51-19-9-12-25-58(51)62(59(53)39-46)37-36-42-14-4-10-23-56(42)62/h3-35,38-39H,36-37H2,1-2H3. The van der Waals surface area contributed by atoms with Gasteiger partial charge in [-0.25, -0.2) is 0 Å². The minimum Gasteiger partial charge on any atom is -0.310 e. The molecule has 0 amide bonds. The molecule has 1 unspecified atom stereocenters. The van der Waals surface area contributed by atoms with Crippen molar-refractivity contribution in [1.82, 2.24) is 0 Å². The predicted octanol–water partition coefficient (Wildman–Crippen LogP) is 16.4. The van der Waals surface area contributed by atoms with Crippen LogP contribution in [-0.4, -0.2) is 0 Å². The van der Waals surface area contributed by atoms with Gasteiger partial charge in [-0.3, -0.25) is 0 Å². The third-order valence-corrected chi connectivity index (χ3v) is 14.9. The minimum absolute atomic E-state index is 0.0951. The van der Waals surface area contributed by atoms with Crippen molar-refractivity contribution in [1.29, 1.82) is 0 Å². The van der Waals surface area contributed by atoms with Crippen LogP contribution >= 0.6 is 0 Å². The van der Waals surface area contributed by atoms with E-state index in [4.69, 9.17) is 0 Å². The first-order chi connectivity index (χ1) is 31.0. The van der Waals surface area contributed by atoms with Crippen molar-refractivity contribution in [3.8, 4) is 44.5 Å². The second kappa shape index (κ2) is 13.5. The molecule has 0 saturated heterocycles. The lowest BCUT2D eigenvalue weighted by molar-refractivity contribution is 0.626. The number of hydrogen-bond acceptors (Lipinski definition) is 1. The Labute approximate surface area is 369 Å². The molecule has 3 aliphatic rings. The maximum absolute atomic E-state index is 2.51. The molecule has 13 rings (SSSR count). The number of nitrogens with zero attached hydrogens (tertiary/aromatic N) is 1. The molecule has 0 radical (unpaired) electrons. The van der Waals surface area contributed by atoms with E-state index in [1.54, 1.807) is 0 Å². The average Bonchev–Trinajstić information content (AvgIpc) is 3.95. The summed E-state index contributed by atoms with van der Waals surface area (Å²) in [5.41, 5.74) is 22.1. The molecule has 1 nitrogen and oxygen atoms in total. The van der Waals surface area contributed by atoms with Gasteiger partial charge in [0.05, 0.1) is 0 Å². The van der Waals surface area contributed by atoms with E-state index < -0.39 is 0 Å². The number of rotatable bonds is 5. The van der Waals surface area contributed by atoms with E-state index in [2.05, 4.69) is 231 Å². The van der Waals surface area contributed by atoms with E-state index in [0.29, 0.717) is 0 Å². The molecule has 298 valence electrons. The molecule has 0 saturated carbocycles. The summed E-state index contributed by atoms with van der Waals surface area (Å²) in [6, 6.07) is 79.9. The molecule has 0 bridgehead atoms. The lowest BCUT2D eigenvalue weighted by Crippen LogP contribution is -2.24. The fraction of sp³-hybridized carbons (Fsp3) is 0.0968. The molecule has 10 aromatic rings. The van der Waals surface area contributed by atoms with Crippen molar-refractivity contribution in [3.63, 3.8) is 0 Å². The second-order valence-electron chi connectivity index (χ2n) is 18.4. The van der Waals surface area contributed by atoms with Crippen molar-refractivity contribution in [3.05, 3.63) is 246 Å². The molecule has 1 heteroatoms. The van der Waals surface area contributed by atoms with Gasteiger partial charge in [-0.1, -0.05) is 184 Å². The molecule has 1 atom stereocenters. The van der Waals surface area contributed by atoms with E-state index in [0.717, 1.165) is 24.2 Å². The molecular formula is C62H45N. The SMILES string of the molecule is CC1(C)c2ccccc2-c2cccc(-c3ccc(N(c4ccc(-c5cc6ccccc6c6ccccc56)cc4)c4ccc5c(c4)C4(CCc6ccccc64)c4ccccc4-5)cc3)c21. The van der Waals surface area contributed by atoms with Gasteiger partial charge in [0.25, 0.3) is 0 Å². The normalized spacial score (nSPS) is 16.2. The van der Waals surface area contributed by atoms with Gasteiger partial charge in [0.2, 0.25) is 0 Å². The summed E-state index contributed by atoms with van der Waals surface area (Å²) in [7, 11) is 0. The summed E-state index contributed by atoms with van der Waals surface area (Å²) in [4.78, 5) is 2.47. The number of benzene rings is 10. The van der Waals surface area contributed by atoms with Crippen LogP contribution in [0.15, 0.2) is 212 Å². The van der Waals surface area contributed by atoms with Gasteiger partial charge in [0.1, 0.15) is 0 Å². The zero-order valence-corrected chi connectivity index (χ0v) is 35.6. The highest BCUT2D eigenvalue weighted by molar-refractivity contribution is 6.13. The fourth-order valence-corrected chi connectivity index (χ4v) is 12.1. The summed E-state index contributed by atoms with van der Waals surface area (Å²) < 4.78 is 0. The van der Waals surface area contributed by atoms with Gasteiger partial charge in [-0.05, 0) is 155 Å². The lowest BCUT2D eigenvalue weighted by Gasteiger charge is -2.31.